The zero-order valence-electron chi connectivity index (χ0n) is 16.4. The Balaban J connectivity index is 1.43. The van der Waals surface area contributed by atoms with E-state index in [1.807, 2.05) is 37.3 Å². The van der Waals surface area contributed by atoms with E-state index in [1.54, 1.807) is 11.3 Å². The van der Waals surface area contributed by atoms with Crippen molar-refractivity contribution < 1.29 is 18.9 Å². The summed E-state index contributed by atoms with van der Waals surface area (Å²) in [6.07, 6.45) is 0.494. The monoisotopic (exact) mass is 420 g/mol. The standard InChI is InChI=1S/C23H20N2O4S/c1-2-26-20-5-3-4-16-18-11-17(14-6-7-19-21(10-14)28-13-27-19)24-25(18)23(29-22(16)20)15-8-9-30-12-15/h3-10,12,18,23H,2,11,13H2,1H3/t18-,23-/m0/s1. The molecule has 0 saturated heterocycles. The molecule has 6 rings (SSSR count). The lowest BCUT2D eigenvalue weighted by atomic mass is 9.95. The van der Waals surface area contributed by atoms with Gasteiger partial charge in [-0.2, -0.15) is 16.4 Å². The van der Waals surface area contributed by atoms with Crippen molar-refractivity contribution in [3.8, 4) is 23.0 Å². The Morgan fingerprint density at radius 2 is 2.10 bits per heavy atom. The molecule has 0 bridgehead atoms. The molecule has 2 aromatic carbocycles. The minimum Gasteiger partial charge on any atom is -0.490 e. The van der Waals surface area contributed by atoms with Gasteiger partial charge < -0.3 is 18.9 Å². The average molecular weight is 420 g/mol. The lowest BCUT2D eigenvalue weighted by molar-refractivity contribution is -0.0209. The fourth-order valence-electron chi connectivity index (χ4n) is 4.24. The fraction of sp³-hybridized carbons (Fsp3) is 0.261. The topological polar surface area (TPSA) is 52.5 Å². The van der Waals surface area contributed by atoms with Gasteiger partial charge in [-0.1, -0.05) is 12.1 Å². The zero-order chi connectivity index (χ0) is 20.1. The van der Waals surface area contributed by atoms with Gasteiger partial charge in [0, 0.05) is 23.1 Å². The van der Waals surface area contributed by atoms with Crippen molar-refractivity contribution in [1.82, 2.24) is 5.01 Å². The molecule has 7 heteroatoms. The quantitative estimate of drug-likeness (QED) is 0.587. The van der Waals surface area contributed by atoms with E-state index in [9.17, 15) is 0 Å². The Hall–Kier alpha value is -3.19. The Kier molecular flexibility index (Phi) is 4.09. The summed E-state index contributed by atoms with van der Waals surface area (Å²) in [6, 6.07) is 14.3. The summed E-state index contributed by atoms with van der Waals surface area (Å²) in [5, 5.41) is 11.3. The first-order valence-electron chi connectivity index (χ1n) is 10.0. The van der Waals surface area contributed by atoms with Crippen molar-refractivity contribution in [2.45, 2.75) is 25.6 Å². The molecule has 3 aliphatic heterocycles. The van der Waals surface area contributed by atoms with E-state index in [1.165, 1.54) is 0 Å². The van der Waals surface area contributed by atoms with E-state index in [4.69, 9.17) is 24.0 Å². The second-order valence-corrected chi connectivity index (χ2v) is 8.13. The molecule has 2 atom stereocenters. The summed E-state index contributed by atoms with van der Waals surface area (Å²) in [6.45, 7) is 2.85. The van der Waals surface area contributed by atoms with E-state index in [0.29, 0.717) is 6.61 Å². The van der Waals surface area contributed by atoms with Crippen LogP contribution in [-0.2, 0) is 0 Å². The van der Waals surface area contributed by atoms with Crippen LogP contribution in [0.3, 0.4) is 0 Å². The van der Waals surface area contributed by atoms with Crippen LogP contribution in [-0.4, -0.2) is 24.1 Å². The molecule has 152 valence electrons. The van der Waals surface area contributed by atoms with Crippen molar-refractivity contribution in [2.75, 3.05) is 13.4 Å². The van der Waals surface area contributed by atoms with Crippen LogP contribution in [0.1, 0.15) is 42.3 Å². The third kappa shape index (κ3) is 2.73. The summed E-state index contributed by atoms with van der Waals surface area (Å²) in [5.41, 5.74) is 4.25. The number of benzene rings is 2. The Bertz CT molecular complexity index is 1130. The summed E-state index contributed by atoms with van der Waals surface area (Å²) in [5.74, 6) is 3.15. The number of thiophene rings is 1. The van der Waals surface area contributed by atoms with Gasteiger partial charge in [-0.25, -0.2) is 5.01 Å². The first-order valence-corrected chi connectivity index (χ1v) is 11.0. The van der Waals surface area contributed by atoms with Crippen molar-refractivity contribution >= 4 is 17.0 Å². The largest absolute Gasteiger partial charge is 0.490 e. The Morgan fingerprint density at radius 3 is 2.97 bits per heavy atom. The van der Waals surface area contributed by atoms with Gasteiger partial charge in [0.1, 0.15) is 0 Å². The first-order chi connectivity index (χ1) is 14.8. The third-order valence-electron chi connectivity index (χ3n) is 5.61. The number of nitrogens with zero attached hydrogens (tertiary/aromatic N) is 2. The molecular weight excluding hydrogens is 400 g/mol. The van der Waals surface area contributed by atoms with Crippen LogP contribution in [0.4, 0.5) is 0 Å². The van der Waals surface area contributed by atoms with Gasteiger partial charge in [0.15, 0.2) is 23.0 Å². The minimum atomic E-state index is -0.290. The molecule has 0 spiro atoms. The van der Waals surface area contributed by atoms with Gasteiger partial charge in [0.2, 0.25) is 13.0 Å². The predicted octanol–water partition coefficient (Wildman–Crippen LogP) is 5.12. The predicted molar refractivity (Wildman–Crippen MR) is 114 cm³/mol. The number of hydrogen-bond donors (Lipinski definition) is 0. The average Bonchev–Trinajstić information content (AvgIpc) is 3.53. The van der Waals surface area contributed by atoms with Crippen LogP contribution < -0.4 is 18.9 Å². The van der Waals surface area contributed by atoms with Gasteiger partial charge >= 0.3 is 0 Å². The lowest BCUT2D eigenvalue weighted by Crippen LogP contribution is -2.33. The van der Waals surface area contributed by atoms with Crippen LogP contribution in [0.25, 0.3) is 0 Å². The third-order valence-corrected chi connectivity index (χ3v) is 6.32. The SMILES string of the molecule is CCOc1cccc2c1O[C@@H](c1ccsc1)N1N=C(c3ccc4c(c3)OCO4)C[C@@H]21. The number of hydrogen-bond acceptors (Lipinski definition) is 7. The Labute approximate surface area is 178 Å². The molecule has 3 aliphatic rings. The van der Waals surface area contributed by atoms with Crippen molar-refractivity contribution in [3.05, 3.63) is 69.9 Å². The molecular formula is C23H20N2O4S. The van der Waals surface area contributed by atoms with Crippen LogP contribution in [0.5, 0.6) is 23.0 Å². The molecule has 30 heavy (non-hydrogen) atoms. The molecule has 3 aromatic rings. The van der Waals surface area contributed by atoms with Gasteiger partial charge in [-0.3, -0.25) is 0 Å². The van der Waals surface area contributed by atoms with E-state index >= 15 is 0 Å². The molecule has 0 amide bonds. The maximum absolute atomic E-state index is 6.49. The van der Waals surface area contributed by atoms with Crippen LogP contribution in [0.2, 0.25) is 0 Å². The number of fused-ring (bicyclic) bond motifs is 4. The van der Waals surface area contributed by atoms with E-state index in [-0.39, 0.29) is 19.1 Å². The molecule has 0 radical (unpaired) electrons. The highest BCUT2D eigenvalue weighted by molar-refractivity contribution is 7.07. The second-order valence-electron chi connectivity index (χ2n) is 7.35. The van der Waals surface area contributed by atoms with Gasteiger partial charge in [0.25, 0.3) is 0 Å². The van der Waals surface area contributed by atoms with Crippen LogP contribution in [0, 0.1) is 0 Å². The molecule has 0 unspecified atom stereocenters. The number of para-hydroxylation sites is 1. The van der Waals surface area contributed by atoms with Gasteiger partial charge in [-0.05, 0) is 48.0 Å². The maximum Gasteiger partial charge on any atom is 0.231 e. The van der Waals surface area contributed by atoms with Gasteiger partial charge in [-0.15, -0.1) is 0 Å². The summed E-state index contributed by atoms with van der Waals surface area (Å²) < 4.78 is 23.4. The number of hydrazone groups is 1. The highest BCUT2D eigenvalue weighted by Crippen LogP contribution is 2.51. The fourth-order valence-corrected chi connectivity index (χ4v) is 4.91. The molecule has 0 saturated carbocycles. The normalized spacial score (nSPS) is 21.0. The first kappa shape index (κ1) is 17.7. The molecule has 6 nitrogen and oxygen atoms in total. The lowest BCUT2D eigenvalue weighted by Gasteiger charge is -2.38. The Morgan fingerprint density at radius 1 is 1.17 bits per heavy atom. The summed E-state index contributed by atoms with van der Waals surface area (Å²) >= 11 is 1.66. The summed E-state index contributed by atoms with van der Waals surface area (Å²) in [4.78, 5) is 0. The zero-order valence-corrected chi connectivity index (χ0v) is 17.2. The van der Waals surface area contributed by atoms with Crippen molar-refractivity contribution in [3.63, 3.8) is 0 Å². The van der Waals surface area contributed by atoms with E-state index in [2.05, 4.69) is 27.9 Å². The van der Waals surface area contributed by atoms with E-state index < -0.39 is 0 Å². The highest BCUT2D eigenvalue weighted by atomic mass is 32.1. The maximum atomic E-state index is 6.49. The van der Waals surface area contributed by atoms with Crippen LogP contribution in [0.15, 0.2) is 58.3 Å². The number of ether oxygens (including phenoxy) is 4. The molecule has 0 aliphatic carbocycles. The molecule has 1 aromatic heterocycles. The molecule has 4 heterocycles. The minimum absolute atomic E-state index is 0.0829. The van der Waals surface area contributed by atoms with Crippen molar-refractivity contribution in [2.24, 2.45) is 5.10 Å². The van der Waals surface area contributed by atoms with Crippen LogP contribution >= 0.6 is 11.3 Å². The van der Waals surface area contributed by atoms with E-state index in [0.717, 1.165) is 51.8 Å². The molecule has 0 fully saturated rings. The van der Waals surface area contributed by atoms with Crippen molar-refractivity contribution in [1.29, 1.82) is 0 Å². The number of rotatable bonds is 4. The smallest absolute Gasteiger partial charge is 0.231 e. The molecule has 0 N–H and O–H groups in total. The highest BCUT2D eigenvalue weighted by Gasteiger charge is 2.42. The summed E-state index contributed by atoms with van der Waals surface area (Å²) in [7, 11) is 0. The second kappa shape index (κ2) is 6.95. The van der Waals surface area contributed by atoms with Gasteiger partial charge in [0.05, 0.1) is 18.4 Å².